The minimum absolute atomic E-state index is 0.0295. The maximum absolute atomic E-state index is 12.1. The van der Waals surface area contributed by atoms with Gasteiger partial charge in [0.2, 0.25) is 5.91 Å². The average molecular weight is 341 g/mol. The van der Waals surface area contributed by atoms with E-state index >= 15 is 0 Å². The van der Waals surface area contributed by atoms with Gasteiger partial charge in [0, 0.05) is 57.9 Å². The van der Waals surface area contributed by atoms with Crippen molar-refractivity contribution >= 4 is 11.9 Å². The molecule has 0 saturated heterocycles. The number of nitrogens with zero attached hydrogens (tertiary/aromatic N) is 4. The van der Waals surface area contributed by atoms with Crippen molar-refractivity contribution in [2.75, 3.05) is 27.2 Å². The van der Waals surface area contributed by atoms with Gasteiger partial charge in [-0.05, 0) is 29.8 Å². The summed E-state index contributed by atoms with van der Waals surface area (Å²) in [6.45, 7) is 0.981. The van der Waals surface area contributed by atoms with E-state index in [0.29, 0.717) is 19.5 Å². The van der Waals surface area contributed by atoms with Gasteiger partial charge in [-0.25, -0.2) is 4.79 Å². The van der Waals surface area contributed by atoms with E-state index in [-0.39, 0.29) is 18.5 Å². The van der Waals surface area contributed by atoms with Gasteiger partial charge in [-0.15, -0.1) is 0 Å². The second kappa shape index (κ2) is 9.36. The number of amides is 3. The first kappa shape index (κ1) is 18.4. The molecule has 0 aliphatic heterocycles. The highest BCUT2D eigenvalue weighted by molar-refractivity contribution is 5.83. The summed E-state index contributed by atoms with van der Waals surface area (Å²) >= 11 is 0. The lowest BCUT2D eigenvalue weighted by atomic mass is 10.2. The second-order valence-corrected chi connectivity index (χ2v) is 5.76. The van der Waals surface area contributed by atoms with Crippen molar-refractivity contribution < 1.29 is 9.59 Å². The summed E-state index contributed by atoms with van der Waals surface area (Å²) in [6.07, 6.45) is 5.78. The van der Waals surface area contributed by atoms with Gasteiger partial charge in [0.05, 0.1) is 6.54 Å². The minimum Gasteiger partial charge on any atom is -0.344 e. The van der Waals surface area contributed by atoms with E-state index in [1.54, 1.807) is 37.6 Å². The molecule has 2 aromatic rings. The largest absolute Gasteiger partial charge is 0.344 e. The molecule has 0 spiro atoms. The van der Waals surface area contributed by atoms with Crippen molar-refractivity contribution in [2.24, 2.45) is 0 Å². The Balaban J connectivity index is 1.71. The lowest BCUT2D eigenvalue weighted by molar-refractivity contribution is -0.128. The van der Waals surface area contributed by atoms with Crippen LogP contribution in [0.1, 0.15) is 11.3 Å². The average Bonchev–Trinajstić information content (AvgIpc) is 2.65. The lowest BCUT2D eigenvalue weighted by Crippen LogP contribution is -2.43. The zero-order chi connectivity index (χ0) is 18.1. The Morgan fingerprint density at radius 3 is 2.48 bits per heavy atom. The molecule has 7 heteroatoms. The van der Waals surface area contributed by atoms with Gasteiger partial charge in [-0.1, -0.05) is 6.07 Å². The summed E-state index contributed by atoms with van der Waals surface area (Å²) in [4.78, 5) is 35.5. The first-order valence-electron chi connectivity index (χ1n) is 8.08. The molecule has 0 bridgehead atoms. The third kappa shape index (κ3) is 6.21. The van der Waals surface area contributed by atoms with Crippen molar-refractivity contribution in [1.29, 1.82) is 0 Å². The Bertz CT molecular complexity index is 678. The Morgan fingerprint density at radius 2 is 1.80 bits per heavy atom. The Hall–Kier alpha value is -2.96. The van der Waals surface area contributed by atoms with Gasteiger partial charge >= 0.3 is 6.03 Å². The fourth-order valence-corrected chi connectivity index (χ4v) is 2.21. The molecule has 2 heterocycles. The van der Waals surface area contributed by atoms with Crippen molar-refractivity contribution in [2.45, 2.75) is 13.0 Å². The fraction of sp³-hybridized carbons (Fsp3) is 0.333. The maximum atomic E-state index is 12.1. The smallest absolute Gasteiger partial charge is 0.317 e. The van der Waals surface area contributed by atoms with E-state index in [4.69, 9.17) is 0 Å². The minimum atomic E-state index is -0.289. The number of carbonyl (C=O) groups is 2. The number of likely N-dealkylation sites (N-methyl/N-ethyl adjacent to an activating group) is 1. The number of pyridine rings is 2. The quantitative estimate of drug-likeness (QED) is 0.824. The summed E-state index contributed by atoms with van der Waals surface area (Å²) in [5.74, 6) is -0.137. The number of rotatable bonds is 7. The van der Waals surface area contributed by atoms with Gasteiger partial charge in [0.25, 0.3) is 0 Å². The summed E-state index contributed by atoms with van der Waals surface area (Å²) in [6, 6.07) is 9.11. The SMILES string of the molecule is CN(CCc1ccccn1)C(=O)CNC(=O)N(C)Cc1ccncc1. The van der Waals surface area contributed by atoms with Crippen molar-refractivity contribution in [3.63, 3.8) is 0 Å². The zero-order valence-electron chi connectivity index (χ0n) is 14.6. The standard InChI is InChI=1S/C18H23N5O2/c1-22(12-8-16-5-3-4-9-20-16)17(24)13-21-18(25)23(2)14-15-6-10-19-11-7-15/h3-7,9-11H,8,12-14H2,1-2H3,(H,21,25). The Labute approximate surface area is 147 Å². The van der Waals surface area contributed by atoms with Gasteiger partial charge in [-0.2, -0.15) is 0 Å². The van der Waals surface area contributed by atoms with Crippen LogP contribution in [0.3, 0.4) is 0 Å². The van der Waals surface area contributed by atoms with Crippen LogP contribution in [-0.2, 0) is 17.8 Å². The van der Waals surface area contributed by atoms with Crippen molar-refractivity contribution in [3.05, 3.63) is 60.2 Å². The van der Waals surface area contributed by atoms with E-state index in [0.717, 1.165) is 11.3 Å². The molecule has 0 unspecified atom stereocenters. The number of nitrogens with one attached hydrogen (secondary N) is 1. The first-order chi connectivity index (χ1) is 12.1. The van der Waals surface area contributed by atoms with E-state index in [2.05, 4.69) is 15.3 Å². The highest BCUT2D eigenvalue weighted by Crippen LogP contribution is 2.01. The summed E-state index contributed by atoms with van der Waals surface area (Å²) < 4.78 is 0. The molecular weight excluding hydrogens is 318 g/mol. The zero-order valence-corrected chi connectivity index (χ0v) is 14.6. The number of aromatic nitrogens is 2. The molecule has 3 amide bonds. The van der Waals surface area contributed by atoms with Gasteiger partial charge < -0.3 is 15.1 Å². The molecule has 0 saturated carbocycles. The number of hydrogen-bond donors (Lipinski definition) is 1. The second-order valence-electron chi connectivity index (χ2n) is 5.76. The van der Waals surface area contributed by atoms with Gasteiger partial charge in [0.1, 0.15) is 0 Å². The first-order valence-corrected chi connectivity index (χ1v) is 8.08. The molecule has 132 valence electrons. The highest BCUT2D eigenvalue weighted by atomic mass is 16.2. The van der Waals surface area contributed by atoms with Crippen LogP contribution in [0, 0.1) is 0 Å². The van der Waals surface area contributed by atoms with E-state index in [1.165, 1.54) is 4.90 Å². The van der Waals surface area contributed by atoms with Crippen molar-refractivity contribution in [1.82, 2.24) is 25.1 Å². The molecule has 0 aromatic carbocycles. The molecule has 2 aromatic heterocycles. The van der Waals surface area contributed by atoms with Crippen LogP contribution < -0.4 is 5.32 Å². The fourth-order valence-electron chi connectivity index (χ4n) is 2.21. The van der Waals surface area contributed by atoms with Crippen LogP contribution in [0.25, 0.3) is 0 Å². The Kier molecular flexibility index (Phi) is 6.88. The number of hydrogen-bond acceptors (Lipinski definition) is 4. The van der Waals surface area contributed by atoms with Crippen LogP contribution >= 0.6 is 0 Å². The molecule has 7 nitrogen and oxygen atoms in total. The van der Waals surface area contributed by atoms with Crippen LogP contribution in [0.2, 0.25) is 0 Å². The normalized spacial score (nSPS) is 10.2. The van der Waals surface area contributed by atoms with Crippen molar-refractivity contribution in [3.8, 4) is 0 Å². The van der Waals surface area contributed by atoms with Crippen LogP contribution in [0.4, 0.5) is 4.79 Å². The van der Waals surface area contributed by atoms with Gasteiger partial charge in [-0.3, -0.25) is 14.8 Å². The van der Waals surface area contributed by atoms with E-state index in [9.17, 15) is 9.59 Å². The molecule has 2 rings (SSSR count). The molecule has 25 heavy (non-hydrogen) atoms. The molecule has 0 aliphatic carbocycles. The summed E-state index contributed by atoms with van der Waals surface area (Å²) in [5, 5.41) is 2.65. The van der Waals surface area contributed by atoms with Gasteiger partial charge in [0.15, 0.2) is 0 Å². The van der Waals surface area contributed by atoms with Crippen LogP contribution in [0.15, 0.2) is 48.9 Å². The molecule has 0 radical (unpaired) electrons. The van der Waals surface area contributed by atoms with Crippen LogP contribution in [0.5, 0.6) is 0 Å². The predicted octanol–water partition coefficient (Wildman–Crippen LogP) is 1.32. The third-order valence-corrected chi connectivity index (χ3v) is 3.76. The van der Waals surface area contributed by atoms with Crippen LogP contribution in [-0.4, -0.2) is 58.9 Å². The molecular formula is C18H23N5O2. The topological polar surface area (TPSA) is 78.4 Å². The third-order valence-electron chi connectivity index (χ3n) is 3.76. The lowest BCUT2D eigenvalue weighted by Gasteiger charge is -2.20. The molecule has 1 N–H and O–H groups in total. The number of urea groups is 1. The summed E-state index contributed by atoms with van der Waals surface area (Å²) in [5.41, 5.74) is 1.91. The monoisotopic (exact) mass is 341 g/mol. The Morgan fingerprint density at radius 1 is 1.04 bits per heavy atom. The molecule has 0 aliphatic rings. The number of carbonyl (C=O) groups excluding carboxylic acids is 2. The predicted molar refractivity (Wildman–Crippen MR) is 94.7 cm³/mol. The van der Waals surface area contributed by atoms with E-state index in [1.807, 2.05) is 30.3 Å². The molecule has 0 fully saturated rings. The molecule has 0 atom stereocenters. The maximum Gasteiger partial charge on any atom is 0.317 e. The summed E-state index contributed by atoms with van der Waals surface area (Å²) in [7, 11) is 3.41. The van der Waals surface area contributed by atoms with E-state index < -0.39 is 0 Å². The highest BCUT2D eigenvalue weighted by Gasteiger charge is 2.13.